The van der Waals surface area contributed by atoms with Crippen molar-refractivity contribution in [1.82, 2.24) is 0 Å². The molecule has 1 aromatic carbocycles. The van der Waals surface area contributed by atoms with Crippen molar-refractivity contribution in [3.63, 3.8) is 0 Å². The highest BCUT2D eigenvalue weighted by Crippen LogP contribution is 2.14. The Balaban J connectivity index is 2.47. The molecule has 0 radical (unpaired) electrons. The first kappa shape index (κ1) is 12.6. The number of hydrogen-bond acceptors (Lipinski definition) is 3. The second-order valence-electron chi connectivity index (χ2n) is 3.94. The molecule has 1 atom stereocenters. The summed E-state index contributed by atoms with van der Waals surface area (Å²) in [6, 6.07) is 6.89. The summed E-state index contributed by atoms with van der Waals surface area (Å²) >= 11 is 0. The molecule has 0 bridgehead atoms. The fourth-order valence-electron chi connectivity index (χ4n) is 1.41. The van der Waals surface area contributed by atoms with Crippen LogP contribution in [0.3, 0.4) is 0 Å². The maximum atomic E-state index is 11.5. The molecule has 0 heterocycles. The lowest BCUT2D eigenvalue weighted by Gasteiger charge is -2.10. The minimum absolute atomic E-state index is 0.143. The number of ether oxygens (including phenoxy) is 1. The topological polar surface area (TPSA) is 46.5 Å². The van der Waals surface area contributed by atoms with Gasteiger partial charge >= 0.3 is 5.97 Å². The number of hydrogen-bond donors (Lipinski definition) is 1. The predicted octanol–water partition coefficient (Wildman–Crippen LogP) is 2.52. The molecular formula is C13H18O3. The first-order chi connectivity index (χ1) is 7.63. The van der Waals surface area contributed by atoms with E-state index < -0.39 is 0 Å². The summed E-state index contributed by atoms with van der Waals surface area (Å²) in [5, 5.41) is 9.12. The van der Waals surface area contributed by atoms with E-state index in [0.717, 1.165) is 12.0 Å². The Hall–Kier alpha value is -1.51. The molecule has 0 amide bonds. The maximum absolute atomic E-state index is 11.5. The molecule has 1 N–H and O–H groups in total. The van der Waals surface area contributed by atoms with Crippen LogP contribution in [-0.2, 0) is 16.0 Å². The van der Waals surface area contributed by atoms with E-state index >= 15 is 0 Å². The number of esters is 1. The lowest BCUT2D eigenvalue weighted by molar-refractivity contribution is -0.147. The first-order valence-corrected chi connectivity index (χ1v) is 5.58. The van der Waals surface area contributed by atoms with Crippen LogP contribution < -0.4 is 0 Å². The Morgan fingerprint density at radius 2 is 2.00 bits per heavy atom. The van der Waals surface area contributed by atoms with Gasteiger partial charge in [0.25, 0.3) is 0 Å². The van der Waals surface area contributed by atoms with Crippen molar-refractivity contribution in [1.29, 1.82) is 0 Å². The van der Waals surface area contributed by atoms with Gasteiger partial charge in [0.1, 0.15) is 5.75 Å². The zero-order valence-electron chi connectivity index (χ0n) is 9.77. The maximum Gasteiger partial charge on any atom is 0.308 e. The Labute approximate surface area is 96.1 Å². The second-order valence-corrected chi connectivity index (χ2v) is 3.94. The Morgan fingerprint density at radius 1 is 1.38 bits per heavy atom. The summed E-state index contributed by atoms with van der Waals surface area (Å²) in [6.07, 6.45) is 1.49. The van der Waals surface area contributed by atoms with Crippen molar-refractivity contribution in [3.8, 4) is 5.75 Å². The average molecular weight is 222 g/mol. The van der Waals surface area contributed by atoms with Gasteiger partial charge in [0, 0.05) is 0 Å². The van der Waals surface area contributed by atoms with Gasteiger partial charge in [-0.2, -0.15) is 0 Å². The number of rotatable bonds is 5. The predicted molar refractivity (Wildman–Crippen MR) is 62.2 cm³/mol. The van der Waals surface area contributed by atoms with E-state index in [1.807, 2.05) is 26.0 Å². The average Bonchev–Trinajstić information content (AvgIpc) is 2.29. The standard InChI is InChI=1S/C13H18O3/c1-3-8-16-13(15)10(2)9-11-4-6-12(14)7-5-11/h4-7,10,14H,3,8-9H2,1-2H3. The van der Waals surface area contributed by atoms with Gasteiger partial charge in [0.05, 0.1) is 12.5 Å². The lowest BCUT2D eigenvalue weighted by Crippen LogP contribution is -2.17. The summed E-state index contributed by atoms with van der Waals surface area (Å²) in [5.74, 6) is -0.0593. The molecule has 1 aromatic rings. The lowest BCUT2D eigenvalue weighted by atomic mass is 10.0. The van der Waals surface area contributed by atoms with Gasteiger partial charge in [-0.05, 0) is 30.5 Å². The molecule has 0 saturated carbocycles. The molecule has 1 unspecified atom stereocenters. The number of carbonyl (C=O) groups is 1. The molecule has 3 heteroatoms. The number of phenols is 1. The molecule has 16 heavy (non-hydrogen) atoms. The second kappa shape index (κ2) is 6.16. The molecule has 0 spiro atoms. The van der Waals surface area contributed by atoms with Gasteiger partial charge < -0.3 is 9.84 Å². The summed E-state index contributed by atoms with van der Waals surface area (Å²) in [4.78, 5) is 11.5. The molecule has 0 fully saturated rings. The zero-order chi connectivity index (χ0) is 12.0. The first-order valence-electron chi connectivity index (χ1n) is 5.58. The van der Waals surface area contributed by atoms with Crippen LogP contribution in [0.2, 0.25) is 0 Å². The number of benzene rings is 1. The van der Waals surface area contributed by atoms with Crippen molar-refractivity contribution in [2.75, 3.05) is 6.61 Å². The largest absolute Gasteiger partial charge is 0.508 e. The fraction of sp³-hybridized carbons (Fsp3) is 0.462. The molecule has 0 aromatic heterocycles. The van der Waals surface area contributed by atoms with Gasteiger partial charge in [-0.15, -0.1) is 0 Å². The minimum Gasteiger partial charge on any atom is -0.508 e. The molecule has 1 rings (SSSR count). The zero-order valence-corrected chi connectivity index (χ0v) is 9.77. The normalized spacial score (nSPS) is 12.1. The van der Waals surface area contributed by atoms with Crippen molar-refractivity contribution in [3.05, 3.63) is 29.8 Å². The van der Waals surface area contributed by atoms with E-state index in [2.05, 4.69) is 0 Å². The monoisotopic (exact) mass is 222 g/mol. The van der Waals surface area contributed by atoms with Crippen LogP contribution in [0.1, 0.15) is 25.8 Å². The third kappa shape index (κ3) is 3.93. The van der Waals surface area contributed by atoms with E-state index in [1.165, 1.54) is 0 Å². The third-order valence-electron chi connectivity index (χ3n) is 2.33. The molecule has 3 nitrogen and oxygen atoms in total. The van der Waals surface area contributed by atoms with Gasteiger partial charge in [0.2, 0.25) is 0 Å². The van der Waals surface area contributed by atoms with Crippen LogP contribution in [0.15, 0.2) is 24.3 Å². The van der Waals surface area contributed by atoms with Crippen LogP contribution in [-0.4, -0.2) is 17.7 Å². The summed E-state index contributed by atoms with van der Waals surface area (Å²) < 4.78 is 5.06. The fourth-order valence-corrected chi connectivity index (χ4v) is 1.41. The summed E-state index contributed by atoms with van der Waals surface area (Å²) in [6.45, 7) is 4.31. The molecule has 0 aliphatic carbocycles. The van der Waals surface area contributed by atoms with Gasteiger partial charge in [-0.1, -0.05) is 26.0 Å². The quantitative estimate of drug-likeness (QED) is 0.779. The third-order valence-corrected chi connectivity index (χ3v) is 2.33. The van der Waals surface area contributed by atoms with Gasteiger partial charge in [0.15, 0.2) is 0 Å². The van der Waals surface area contributed by atoms with Gasteiger partial charge in [-0.25, -0.2) is 0 Å². The van der Waals surface area contributed by atoms with E-state index in [0.29, 0.717) is 13.0 Å². The van der Waals surface area contributed by atoms with Gasteiger partial charge in [-0.3, -0.25) is 4.79 Å². The molecular weight excluding hydrogens is 204 g/mol. The highest BCUT2D eigenvalue weighted by atomic mass is 16.5. The van der Waals surface area contributed by atoms with Crippen LogP contribution in [0.5, 0.6) is 5.75 Å². The van der Waals surface area contributed by atoms with E-state index in [-0.39, 0.29) is 17.6 Å². The molecule has 0 aliphatic rings. The number of phenolic OH excluding ortho intramolecular Hbond substituents is 1. The Kier molecular flexibility index (Phi) is 4.83. The van der Waals surface area contributed by atoms with Crippen molar-refractivity contribution < 1.29 is 14.6 Å². The van der Waals surface area contributed by atoms with Crippen molar-refractivity contribution >= 4 is 5.97 Å². The van der Waals surface area contributed by atoms with E-state index in [4.69, 9.17) is 9.84 Å². The van der Waals surface area contributed by atoms with Crippen LogP contribution in [0.25, 0.3) is 0 Å². The van der Waals surface area contributed by atoms with Crippen molar-refractivity contribution in [2.24, 2.45) is 5.92 Å². The van der Waals surface area contributed by atoms with E-state index in [9.17, 15) is 4.79 Å². The number of aromatic hydroxyl groups is 1. The van der Waals surface area contributed by atoms with Crippen LogP contribution in [0, 0.1) is 5.92 Å². The SMILES string of the molecule is CCCOC(=O)C(C)Cc1ccc(O)cc1. The molecule has 88 valence electrons. The van der Waals surface area contributed by atoms with Crippen LogP contribution in [0.4, 0.5) is 0 Å². The Morgan fingerprint density at radius 3 is 2.56 bits per heavy atom. The molecule has 0 aliphatic heterocycles. The highest BCUT2D eigenvalue weighted by Gasteiger charge is 2.14. The number of carbonyl (C=O) groups excluding carboxylic acids is 1. The Bertz CT molecular complexity index is 330. The van der Waals surface area contributed by atoms with Crippen LogP contribution >= 0.6 is 0 Å². The van der Waals surface area contributed by atoms with Crippen molar-refractivity contribution in [2.45, 2.75) is 26.7 Å². The summed E-state index contributed by atoms with van der Waals surface area (Å²) in [7, 11) is 0. The highest BCUT2D eigenvalue weighted by molar-refractivity contribution is 5.72. The smallest absolute Gasteiger partial charge is 0.308 e. The molecule has 0 saturated heterocycles. The van der Waals surface area contributed by atoms with E-state index in [1.54, 1.807) is 12.1 Å². The minimum atomic E-state index is -0.157. The summed E-state index contributed by atoms with van der Waals surface area (Å²) in [5.41, 5.74) is 1.03.